The van der Waals surface area contributed by atoms with Crippen LogP contribution in [0.1, 0.15) is 54.8 Å². The van der Waals surface area contributed by atoms with Crippen LogP contribution in [-0.2, 0) is 25.5 Å². The molecule has 2 bridgehead atoms. The van der Waals surface area contributed by atoms with E-state index < -0.39 is 30.8 Å². The Morgan fingerprint density at radius 3 is 2.81 bits per heavy atom. The molecule has 2 N–H and O–H groups in total. The quantitative estimate of drug-likeness (QED) is 0.245. The average Bonchev–Trinajstić information content (AvgIpc) is 3.45. The lowest BCUT2D eigenvalue weighted by Gasteiger charge is -2.36. The van der Waals surface area contributed by atoms with Gasteiger partial charge in [0.2, 0.25) is 5.91 Å². The first kappa shape index (κ1) is 30.0. The van der Waals surface area contributed by atoms with Crippen molar-refractivity contribution in [1.29, 1.82) is 0 Å². The number of alkyl halides is 2. The number of imidazole rings is 1. The number of esters is 1. The highest BCUT2D eigenvalue weighted by molar-refractivity contribution is 6.30. The maximum absolute atomic E-state index is 13.4. The number of hydrogen-bond donors (Lipinski definition) is 2. The highest BCUT2D eigenvalue weighted by Crippen LogP contribution is 2.39. The van der Waals surface area contributed by atoms with Crippen LogP contribution < -0.4 is 10.1 Å². The number of fused-ring (bicyclic) bond motifs is 4. The molecular formula is C30H29ClF2N4O6. The summed E-state index contributed by atoms with van der Waals surface area (Å²) in [5, 5.41) is 3.22. The van der Waals surface area contributed by atoms with E-state index in [0.29, 0.717) is 52.6 Å². The molecule has 2 amide bonds. The molecule has 1 saturated heterocycles. The van der Waals surface area contributed by atoms with E-state index in [1.807, 2.05) is 12.2 Å². The lowest BCUT2D eigenvalue weighted by atomic mass is 10.0. The number of benzene rings is 2. The zero-order chi connectivity index (χ0) is 30.5. The number of carbonyl (C=O) groups is 3. The number of amides is 2. The van der Waals surface area contributed by atoms with Gasteiger partial charge in [0.15, 0.2) is 0 Å². The van der Waals surface area contributed by atoms with Crippen molar-refractivity contribution in [1.82, 2.24) is 14.9 Å². The molecule has 2 atom stereocenters. The fraction of sp³-hybridized carbons (Fsp3) is 0.333. The first-order valence-corrected chi connectivity index (χ1v) is 14.0. The third kappa shape index (κ3) is 7.14. The summed E-state index contributed by atoms with van der Waals surface area (Å²) in [4.78, 5) is 47.3. The van der Waals surface area contributed by atoms with Gasteiger partial charge in [0.05, 0.1) is 37.2 Å². The molecule has 226 valence electrons. The summed E-state index contributed by atoms with van der Waals surface area (Å²) >= 11 is 6.11. The molecule has 43 heavy (non-hydrogen) atoms. The number of H-pyrrole nitrogens is 1. The van der Waals surface area contributed by atoms with E-state index >= 15 is 0 Å². The van der Waals surface area contributed by atoms with E-state index in [1.165, 1.54) is 30.2 Å². The minimum Gasteiger partial charge on any atom is -0.469 e. The predicted octanol–water partition coefficient (Wildman–Crippen LogP) is 6.35. The molecule has 0 unspecified atom stereocenters. The number of hydrogen-bond acceptors (Lipinski definition) is 7. The summed E-state index contributed by atoms with van der Waals surface area (Å²) in [5.74, 6) is -0.215. The summed E-state index contributed by atoms with van der Waals surface area (Å²) in [6.07, 6.45) is 5.28. The maximum Gasteiger partial charge on any atom is 0.411 e. The minimum absolute atomic E-state index is 0.0433. The van der Waals surface area contributed by atoms with Crippen molar-refractivity contribution in [2.24, 2.45) is 0 Å². The molecule has 1 aromatic heterocycles. The topological polar surface area (TPSA) is 123 Å². The summed E-state index contributed by atoms with van der Waals surface area (Å²) in [5.41, 5.74) is 2.68. The van der Waals surface area contributed by atoms with Crippen molar-refractivity contribution in [2.75, 3.05) is 19.0 Å². The van der Waals surface area contributed by atoms with Gasteiger partial charge in [-0.3, -0.25) is 14.5 Å². The SMILES string of the molecule is COC(=O)Cc1ccc2c(c1)NC(=O)CC/C=C/C[C@H](N1CC[C@H](c3cc(Cl)ccc3OC(F)F)OC1=O)c1ncc-2[nH]1. The number of allylic oxidation sites excluding steroid dienone is 1. The van der Waals surface area contributed by atoms with Crippen LogP contribution in [0.3, 0.4) is 0 Å². The number of ether oxygens (including phenoxy) is 3. The third-order valence-corrected chi connectivity index (χ3v) is 7.46. The van der Waals surface area contributed by atoms with Crippen LogP contribution in [0, 0.1) is 0 Å². The number of aromatic nitrogens is 2. The predicted molar refractivity (Wildman–Crippen MR) is 153 cm³/mol. The highest BCUT2D eigenvalue weighted by Gasteiger charge is 2.36. The van der Waals surface area contributed by atoms with Crippen LogP contribution in [0.4, 0.5) is 19.3 Å². The van der Waals surface area contributed by atoms with E-state index in [9.17, 15) is 23.2 Å². The summed E-state index contributed by atoms with van der Waals surface area (Å²) in [6.45, 7) is -2.81. The number of halogens is 3. The fourth-order valence-electron chi connectivity index (χ4n) is 5.15. The van der Waals surface area contributed by atoms with Gasteiger partial charge in [-0.25, -0.2) is 9.78 Å². The molecule has 0 saturated carbocycles. The van der Waals surface area contributed by atoms with Crippen molar-refractivity contribution in [2.45, 2.75) is 50.9 Å². The van der Waals surface area contributed by atoms with Gasteiger partial charge in [-0.1, -0.05) is 35.9 Å². The van der Waals surface area contributed by atoms with Crippen LogP contribution in [-0.4, -0.2) is 53.1 Å². The van der Waals surface area contributed by atoms with Crippen molar-refractivity contribution in [3.05, 3.63) is 76.7 Å². The number of cyclic esters (lactones) is 1. The van der Waals surface area contributed by atoms with E-state index in [1.54, 1.807) is 24.4 Å². The molecule has 3 heterocycles. The summed E-state index contributed by atoms with van der Waals surface area (Å²) in [6, 6.07) is 8.93. The molecule has 10 nitrogen and oxygen atoms in total. The molecule has 2 aliphatic heterocycles. The average molecular weight is 615 g/mol. The molecule has 1 fully saturated rings. The third-order valence-electron chi connectivity index (χ3n) is 7.22. The highest BCUT2D eigenvalue weighted by atomic mass is 35.5. The van der Waals surface area contributed by atoms with Crippen LogP contribution >= 0.6 is 11.6 Å². The largest absolute Gasteiger partial charge is 0.469 e. The van der Waals surface area contributed by atoms with Gasteiger partial charge >= 0.3 is 18.7 Å². The van der Waals surface area contributed by atoms with Crippen LogP contribution in [0.25, 0.3) is 11.3 Å². The Balaban J connectivity index is 1.42. The van der Waals surface area contributed by atoms with E-state index in [2.05, 4.69) is 20.0 Å². The van der Waals surface area contributed by atoms with Crippen molar-refractivity contribution >= 4 is 35.3 Å². The molecule has 0 spiro atoms. The number of carbonyl (C=O) groups excluding carboxylic acids is 3. The van der Waals surface area contributed by atoms with Crippen molar-refractivity contribution in [3.8, 4) is 17.0 Å². The van der Waals surface area contributed by atoms with Gasteiger partial charge in [0.1, 0.15) is 17.7 Å². The second kappa shape index (κ2) is 13.2. The molecule has 13 heteroatoms. The van der Waals surface area contributed by atoms with Gasteiger partial charge in [0.25, 0.3) is 0 Å². The number of nitrogens with zero attached hydrogens (tertiary/aromatic N) is 2. The number of nitrogens with one attached hydrogen (secondary N) is 2. The Morgan fingerprint density at radius 1 is 1.21 bits per heavy atom. The minimum atomic E-state index is -3.05. The van der Waals surface area contributed by atoms with E-state index in [4.69, 9.17) is 21.1 Å². The molecule has 3 aromatic rings. The Morgan fingerprint density at radius 2 is 2.05 bits per heavy atom. The van der Waals surface area contributed by atoms with Gasteiger partial charge in [-0.2, -0.15) is 8.78 Å². The Kier molecular flexibility index (Phi) is 9.24. The second-order valence-electron chi connectivity index (χ2n) is 10.0. The number of rotatable bonds is 6. The fourth-order valence-corrected chi connectivity index (χ4v) is 5.33. The lowest BCUT2D eigenvalue weighted by Crippen LogP contribution is -2.41. The lowest BCUT2D eigenvalue weighted by molar-refractivity contribution is -0.139. The van der Waals surface area contributed by atoms with Crippen molar-refractivity contribution < 1.29 is 37.4 Å². The number of anilines is 1. The maximum atomic E-state index is 13.4. The van der Waals surface area contributed by atoms with Gasteiger partial charge in [0, 0.05) is 35.5 Å². The van der Waals surface area contributed by atoms with E-state index in [0.717, 1.165) is 0 Å². The Bertz CT molecular complexity index is 1540. The van der Waals surface area contributed by atoms with Crippen LogP contribution in [0.15, 0.2) is 54.7 Å². The van der Waals surface area contributed by atoms with Gasteiger partial charge < -0.3 is 24.5 Å². The standard InChI is InChI=1S/C30H29ClF2N4O6/c1-41-27(39)14-17-7-9-19-21(13-17)35-26(38)6-4-2-3-5-23(28-34-16-22(19)36-28)37-12-11-25(43-30(37)40)20-15-18(31)8-10-24(20)42-29(32)33/h2-3,7-10,13,15-16,23,25,29H,4-6,11-12,14H2,1H3,(H,34,36)(H,35,38)/b3-2+/t23-,25+/m0/s1. The zero-order valence-corrected chi connectivity index (χ0v) is 23.9. The zero-order valence-electron chi connectivity index (χ0n) is 23.1. The molecule has 5 rings (SSSR count). The second-order valence-corrected chi connectivity index (χ2v) is 10.5. The van der Waals surface area contributed by atoms with E-state index in [-0.39, 0.29) is 36.6 Å². The monoisotopic (exact) mass is 614 g/mol. The van der Waals surface area contributed by atoms with Gasteiger partial charge in [-0.05, 0) is 42.7 Å². The van der Waals surface area contributed by atoms with Gasteiger partial charge in [-0.15, -0.1) is 0 Å². The first-order chi connectivity index (χ1) is 20.7. The molecule has 0 aliphatic carbocycles. The Labute approximate surface area is 251 Å². The summed E-state index contributed by atoms with van der Waals surface area (Å²) < 4.78 is 41.1. The van der Waals surface area contributed by atoms with Crippen molar-refractivity contribution in [3.63, 3.8) is 0 Å². The van der Waals surface area contributed by atoms with Crippen LogP contribution in [0.5, 0.6) is 5.75 Å². The smallest absolute Gasteiger partial charge is 0.411 e. The molecule has 0 radical (unpaired) electrons. The normalized spacial score (nSPS) is 19.7. The molecule has 2 aromatic carbocycles. The number of aromatic amines is 1. The number of methoxy groups -OCH3 is 1. The Hall–Kier alpha value is -4.45. The first-order valence-electron chi connectivity index (χ1n) is 13.6. The molecule has 2 aliphatic rings. The molecular weight excluding hydrogens is 586 g/mol. The summed E-state index contributed by atoms with van der Waals surface area (Å²) in [7, 11) is 1.31. The van der Waals surface area contributed by atoms with Crippen LogP contribution in [0.2, 0.25) is 5.02 Å².